The number of hydrogen-bond donors (Lipinski definition) is 1. The molecule has 0 unspecified atom stereocenters. The number of aromatic hydroxyl groups is 1. The van der Waals surface area contributed by atoms with E-state index < -0.39 is 0 Å². The van der Waals surface area contributed by atoms with E-state index in [2.05, 4.69) is 24.7 Å². The van der Waals surface area contributed by atoms with Crippen molar-refractivity contribution in [3.05, 3.63) is 28.8 Å². The highest BCUT2D eigenvalue weighted by Crippen LogP contribution is 2.29. The second-order valence-corrected chi connectivity index (χ2v) is 6.51. The van der Waals surface area contributed by atoms with Crippen LogP contribution in [0.5, 0.6) is 5.75 Å². The van der Waals surface area contributed by atoms with E-state index in [0.29, 0.717) is 23.8 Å². The molecule has 0 spiro atoms. The van der Waals surface area contributed by atoms with Gasteiger partial charge in [-0.15, -0.1) is 0 Å². The summed E-state index contributed by atoms with van der Waals surface area (Å²) in [5.74, 6) is 2.17. The first-order valence-electron chi connectivity index (χ1n) is 6.90. The van der Waals surface area contributed by atoms with Crippen molar-refractivity contribution >= 4 is 17.7 Å². The molecule has 0 atom stereocenters. The summed E-state index contributed by atoms with van der Waals surface area (Å²) in [6, 6.07) is 4.07. The topological polar surface area (TPSA) is 46.5 Å². The monoisotopic (exact) mass is 296 g/mol. The molecule has 1 rings (SSSR count). The zero-order chi connectivity index (χ0) is 15.1. The molecule has 0 aromatic heterocycles. The molecule has 0 saturated carbocycles. The molecule has 1 aromatic carbocycles. The normalized spacial score (nSPS) is 10.8. The average molecular weight is 296 g/mol. The van der Waals surface area contributed by atoms with Crippen LogP contribution in [0.3, 0.4) is 0 Å². The van der Waals surface area contributed by atoms with Crippen molar-refractivity contribution in [3.8, 4) is 5.75 Å². The lowest BCUT2D eigenvalue weighted by Crippen LogP contribution is -2.01. The van der Waals surface area contributed by atoms with Crippen LogP contribution in [0.25, 0.3) is 0 Å². The molecule has 20 heavy (non-hydrogen) atoms. The van der Waals surface area contributed by atoms with Gasteiger partial charge in [0.05, 0.1) is 13.5 Å². The number of phenols is 1. The smallest absolute Gasteiger partial charge is 0.306 e. The van der Waals surface area contributed by atoms with E-state index in [1.54, 1.807) is 11.8 Å². The minimum Gasteiger partial charge on any atom is -0.507 e. The minimum atomic E-state index is -0.188. The molecule has 0 amide bonds. The van der Waals surface area contributed by atoms with Gasteiger partial charge in [-0.1, -0.05) is 31.5 Å². The van der Waals surface area contributed by atoms with Crippen molar-refractivity contribution in [1.29, 1.82) is 0 Å². The molecular weight excluding hydrogens is 272 g/mol. The van der Waals surface area contributed by atoms with Gasteiger partial charge >= 0.3 is 5.97 Å². The third-order valence-corrected chi connectivity index (χ3v) is 3.98. The van der Waals surface area contributed by atoms with E-state index in [-0.39, 0.29) is 5.97 Å². The van der Waals surface area contributed by atoms with Crippen molar-refractivity contribution in [1.82, 2.24) is 0 Å². The molecule has 0 aliphatic rings. The maximum Gasteiger partial charge on any atom is 0.306 e. The number of esters is 1. The summed E-state index contributed by atoms with van der Waals surface area (Å²) in [6.45, 7) is 6.34. The molecule has 1 N–H and O–H groups in total. The fourth-order valence-corrected chi connectivity index (χ4v) is 2.97. The fraction of sp³-hybridized carbons (Fsp3) is 0.562. The van der Waals surface area contributed by atoms with Gasteiger partial charge in [-0.25, -0.2) is 0 Å². The van der Waals surface area contributed by atoms with Crippen LogP contribution >= 0.6 is 11.8 Å². The Morgan fingerprint density at radius 2 is 2.00 bits per heavy atom. The van der Waals surface area contributed by atoms with Crippen LogP contribution in [-0.4, -0.2) is 23.9 Å². The molecule has 3 nitrogen and oxygen atoms in total. The number of hydrogen-bond acceptors (Lipinski definition) is 4. The number of rotatable bonds is 7. The molecular formula is C16H24O3S. The Morgan fingerprint density at radius 3 is 2.60 bits per heavy atom. The summed E-state index contributed by atoms with van der Waals surface area (Å²) < 4.78 is 4.61. The lowest BCUT2D eigenvalue weighted by atomic mass is 9.98. The Bertz CT molecular complexity index is 455. The van der Waals surface area contributed by atoms with Crippen molar-refractivity contribution in [3.63, 3.8) is 0 Å². The summed E-state index contributed by atoms with van der Waals surface area (Å²) in [7, 11) is 1.40. The molecule has 0 fully saturated rings. The second-order valence-electron chi connectivity index (χ2n) is 5.41. The predicted molar refractivity (Wildman–Crippen MR) is 84.2 cm³/mol. The van der Waals surface area contributed by atoms with Crippen LogP contribution in [-0.2, 0) is 21.7 Å². The van der Waals surface area contributed by atoms with Gasteiger partial charge in [0, 0.05) is 17.1 Å². The van der Waals surface area contributed by atoms with E-state index in [9.17, 15) is 9.90 Å². The maximum absolute atomic E-state index is 11.0. The van der Waals surface area contributed by atoms with Gasteiger partial charge < -0.3 is 9.84 Å². The Labute approximate surface area is 125 Å². The van der Waals surface area contributed by atoms with Crippen LogP contribution in [0.1, 0.15) is 37.0 Å². The number of carbonyl (C=O) groups excluding carboxylic acids is 1. The lowest BCUT2D eigenvalue weighted by molar-refractivity contribution is -0.140. The van der Waals surface area contributed by atoms with Crippen LogP contribution in [0.4, 0.5) is 0 Å². The quantitative estimate of drug-likeness (QED) is 0.615. The summed E-state index contributed by atoms with van der Waals surface area (Å²) in [5, 5.41) is 10.3. The number of carbonyl (C=O) groups is 1. The highest BCUT2D eigenvalue weighted by molar-refractivity contribution is 7.98. The predicted octanol–water partition coefficient (Wildman–Crippen LogP) is 3.70. The zero-order valence-electron chi connectivity index (χ0n) is 12.7. The molecule has 0 aliphatic heterocycles. The summed E-state index contributed by atoms with van der Waals surface area (Å²) in [5.41, 5.74) is 3.14. The van der Waals surface area contributed by atoms with Crippen LogP contribution in [0, 0.1) is 12.8 Å². The Hall–Kier alpha value is -1.16. The minimum absolute atomic E-state index is 0.188. The standard InChI is InChI=1S/C16H24O3S/c1-11(2)7-13-8-12(3)9-14(16(13)18)10-20-6-5-15(17)19-4/h8-9,11,18H,5-7,10H2,1-4H3. The van der Waals surface area contributed by atoms with Gasteiger partial charge in [0.15, 0.2) is 0 Å². The maximum atomic E-state index is 11.0. The number of benzene rings is 1. The van der Waals surface area contributed by atoms with Gasteiger partial charge in [0.25, 0.3) is 0 Å². The van der Waals surface area contributed by atoms with E-state index >= 15 is 0 Å². The van der Waals surface area contributed by atoms with Gasteiger partial charge in [-0.05, 0) is 24.8 Å². The summed E-state index contributed by atoms with van der Waals surface area (Å²) in [4.78, 5) is 11.0. The van der Waals surface area contributed by atoms with Crippen LogP contribution in [0.15, 0.2) is 12.1 Å². The number of aryl methyl sites for hydroxylation is 1. The molecule has 0 aliphatic carbocycles. The van der Waals surface area contributed by atoms with Crippen molar-refractivity contribution < 1.29 is 14.6 Å². The first-order chi connectivity index (χ1) is 9.43. The molecule has 112 valence electrons. The first kappa shape index (κ1) is 16.9. The first-order valence-corrected chi connectivity index (χ1v) is 8.05. The Balaban J connectivity index is 2.65. The number of thioether (sulfide) groups is 1. The zero-order valence-corrected chi connectivity index (χ0v) is 13.5. The van der Waals surface area contributed by atoms with E-state index in [1.165, 1.54) is 12.7 Å². The Kier molecular flexibility index (Phi) is 6.93. The highest BCUT2D eigenvalue weighted by atomic mass is 32.2. The fourth-order valence-electron chi connectivity index (χ4n) is 2.08. The van der Waals surface area contributed by atoms with Crippen molar-refractivity contribution in [2.75, 3.05) is 12.9 Å². The lowest BCUT2D eigenvalue weighted by Gasteiger charge is -2.13. The second kappa shape index (κ2) is 8.20. The van der Waals surface area contributed by atoms with E-state index in [1.807, 2.05) is 13.0 Å². The van der Waals surface area contributed by atoms with E-state index in [4.69, 9.17) is 0 Å². The van der Waals surface area contributed by atoms with Crippen LogP contribution < -0.4 is 0 Å². The Morgan fingerprint density at radius 1 is 1.35 bits per heavy atom. The molecule has 0 heterocycles. The highest BCUT2D eigenvalue weighted by Gasteiger charge is 2.10. The van der Waals surface area contributed by atoms with Gasteiger partial charge in [-0.2, -0.15) is 11.8 Å². The summed E-state index contributed by atoms with van der Waals surface area (Å²) in [6.07, 6.45) is 1.29. The SMILES string of the molecule is COC(=O)CCSCc1cc(C)cc(CC(C)C)c1O. The third-order valence-electron chi connectivity index (χ3n) is 2.98. The molecule has 0 saturated heterocycles. The van der Waals surface area contributed by atoms with Gasteiger partial charge in [0.1, 0.15) is 5.75 Å². The van der Waals surface area contributed by atoms with Gasteiger partial charge in [-0.3, -0.25) is 4.79 Å². The largest absolute Gasteiger partial charge is 0.507 e. The molecule has 1 aromatic rings. The number of phenolic OH excluding ortho intramolecular Hbond substituents is 1. The molecule has 0 bridgehead atoms. The summed E-state index contributed by atoms with van der Waals surface area (Å²) >= 11 is 1.64. The van der Waals surface area contributed by atoms with Crippen molar-refractivity contribution in [2.24, 2.45) is 5.92 Å². The third kappa shape index (κ3) is 5.45. The van der Waals surface area contributed by atoms with Crippen LogP contribution in [0.2, 0.25) is 0 Å². The molecule has 0 radical (unpaired) electrons. The van der Waals surface area contributed by atoms with Gasteiger partial charge in [0.2, 0.25) is 0 Å². The number of methoxy groups -OCH3 is 1. The van der Waals surface area contributed by atoms with Crippen molar-refractivity contribution in [2.45, 2.75) is 39.4 Å². The average Bonchev–Trinajstić information content (AvgIpc) is 2.38. The van der Waals surface area contributed by atoms with E-state index in [0.717, 1.165) is 23.3 Å². The number of ether oxygens (including phenoxy) is 1. The molecule has 4 heteroatoms.